The molecule has 0 aliphatic heterocycles. The van der Waals surface area contributed by atoms with Crippen molar-refractivity contribution < 1.29 is 9.47 Å². The van der Waals surface area contributed by atoms with Crippen molar-refractivity contribution in [2.75, 3.05) is 7.11 Å². The molecule has 0 atom stereocenters. The van der Waals surface area contributed by atoms with Crippen molar-refractivity contribution in [3.63, 3.8) is 0 Å². The van der Waals surface area contributed by atoms with Gasteiger partial charge in [0.25, 0.3) is 0 Å². The van der Waals surface area contributed by atoms with E-state index in [1.54, 1.807) is 13.3 Å². The Balaban J connectivity index is 2.00. The van der Waals surface area contributed by atoms with Gasteiger partial charge in [-0.25, -0.2) is 4.98 Å². The van der Waals surface area contributed by atoms with Crippen LogP contribution in [-0.4, -0.2) is 16.7 Å². The van der Waals surface area contributed by atoms with E-state index in [4.69, 9.17) is 9.47 Å². The summed E-state index contributed by atoms with van der Waals surface area (Å²) in [4.78, 5) is 4.23. The van der Waals surface area contributed by atoms with E-state index in [2.05, 4.69) is 20.9 Å². The maximum absolute atomic E-state index is 5.63. The number of imidazole rings is 1. The Bertz CT molecular complexity index is 494. The van der Waals surface area contributed by atoms with Gasteiger partial charge < -0.3 is 14.0 Å². The van der Waals surface area contributed by atoms with Crippen LogP contribution in [-0.2, 0) is 13.7 Å². The number of hydrogen-bond donors (Lipinski definition) is 0. The number of benzene rings is 1. The van der Waals surface area contributed by atoms with E-state index in [0.29, 0.717) is 6.61 Å². The van der Waals surface area contributed by atoms with Crippen molar-refractivity contribution in [3.8, 4) is 11.5 Å². The molecule has 0 amide bonds. The molecule has 0 saturated carbocycles. The Hall–Kier alpha value is -1.49. The molecule has 90 valence electrons. The first-order valence-corrected chi connectivity index (χ1v) is 5.93. The summed E-state index contributed by atoms with van der Waals surface area (Å²) in [6.07, 6.45) is 1.76. The van der Waals surface area contributed by atoms with E-state index in [1.165, 1.54) is 0 Å². The first kappa shape index (κ1) is 12.0. The van der Waals surface area contributed by atoms with Crippen molar-refractivity contribution in [2.24, 2.45) is 7.05 Å². The highest BCUT2D eigenvalue weighted by Crippen LogP contribution is 2.18. The molecular formula is C12H13BrN2O2. The molecule has 0 saturated heterocycles. The van der Waals surface area contributed by atoms with Gasteiger partial charge in [0.05, 0.1) is 13.3 Å². The molecule has 5 heteroatoms. The maximum atomic E-state index is 5.63. The Kier molecular flexibility index (Phi) is 3.68. The third-order valence-electron chi connectivity index (χ3n) is 2.46. The maximum Gasteiger partial charge on any atom is 0.147 e. The highest BCUT2D eigenvalue weighted by molar-refractivity contribution is 9.10. The van der Waals surface area contributed by atoms with E-state index >= 15 is 0 Å². The second kappa shape index (κ2) is 5.23. The van der Waals surface area contributed by atoms with Gasteiger partial charge in [0.2, 0.25) is 0 Å². The lowest BCUT2D eigenvalue weighted by Crippen LogP contribution is -2.03. The van der Waals surface area contributed by atoms with Crippen LogP contribution in [0.4, 0.5) is 0 Å². The summed E-state index contributed by atoms with van der Waals surface area (Å²) in [7, 11) is 3.57. The predicted molar refractivity (Wildman–Crippen MR) is 68.2 cm³/mol. The van der Waals surface area contributed by atoms with Gasteiger partial charge in [0.1, 0.15) is 28.5 Å². The summed E-state index contributed by atoms with van der Waals surface area (Å²) in [5.74, 6) is 2.48. The number of methoxy groups -OCH3 is 1. The van der Waals surface area contributed by atoms with Gasteiger partial charge in [0, 0.05) is 7.05 Å². The zero-order chi connectivity index (χ0) is 12.3. The fraction of sp³-hybridized carbons (Fsp3) is 0.250. The van der Waals surface area contributed by atoms with Crippen LogP contribution in [0.3, 0.4) is 0 Å². The monoisotopic (exact) mass is 296 g/mol. The lowest BCUT2D eigenvalue weighted by atomic mass is 10.3. The zero-order valence-electron chi connectivity index (χ0n) is 9.68. The van der Waals surface area contributed by atoms with Gasteiger partial charge in [0.15, 0.2) is 0 Å². The minimum atomic E-state index is 0.439. The van der Waals surface area contributed by atoms with Crippen LogP contribution < -0.4 is 9.47 Å². The SMILES string of the molecule is COc1ccc(OCc2ncc(Br)n2C)cc1. The first-order valence-electron chi connectivity index (χ1n) is 5.13. The van der Waals surface area contributed by atoms with Gasteiger partial charge in [-0.15, -0.1) is 0 Å². The molecule has 0 fully saturated rings. The molecule has 0 radical (unpaired) electrons. The molecule has 0 aliphatic rings. The average molecular weight is 297 g/mol. The molecule has 2 aromatic rings. The number of rotatable bonds is 4. The Morgan fingerprint density at radius 2 is 1.88 bits per heavy atom. The smallest absolute Gasteiger partial charge is 0.147 e. The molecular weight excluding hydrogens is 284 g/mol. The van der Waals surface area contributed by atoms with Crippen molar-refractivity contribution in [1.82, 2.24) is 9.55 Å². The molecule has 1 aromatic heterocycles. The molecule has 1 aromatic carbocycles. The van der Waals surface area contributed by atoms with Crippen molar-refractivity contribution >= 4 is 15.9 Å². The van der Waals surface area contributed by atoms with Crippen LogP contribution in [0.1, 0.15) is 5.82 Å². The zero-order valence-corrected chi connectivity index (χ0v) is 11.3. The Morgan fingerprint density at radius 3 is 2.41 bits per heavy atom. The van der Waals surface area contributed by atoms with E-state index < -0.39 is 0 Å². The first-order chi connectivity index (χ1) is 8.20. The topological polar surface area (TPSA) is 36.3 Å². The number of hydrogen-bond acceptors (Lipinski definition) is 3. The van der Waals surface area contributed by atoms with E-state index in [0.717, 1.165) is 21.9 Å². The van der Waals surface area contributed by atoms with Crippen LogP contribution in [0.15, 0.2) is 35.1 Å². The van der Waals surface area contributed by atoms with Crippen LogP contribution >= 0.6 is 15.9 Å². The van der Waals surface area contributed by atoms with Crippen LogP contribution in [0, 0.1) is 0 Å². The summed E-state index contributed by atoms with van der Waals surface area (Å²) in [5, 5.41) is 0. The normalized spacial score (nSPS) is 10.3. The molecule has 4 nitrogen and oxygen atoms in total. The summed E-state index contributed by atoms with van der Waals surface area (Å²) >= 11 is 3.39. The molecule has 17 heavy (non-hydrogen) atoms. The van der Waals surface area contributed by atoms with Gasteiger partial charge >= 0.3 is 0 Å². The summed E-state index contributed by atoms with van der Waals surface area (Å²) in [6.45, 7) is 0.439. The van der Waals surface area contributed by atoms with Gasteiger partial charge in [-0.05, 0) is 40.2 Å². The molecule has 0 aliphatic carbocycles. The minimum absolute atomic E-state index is 0.439. The minimum Gasteiger partial charge on any atom is -0.497 e. The molecule has 0 bridgehead atoms. The lowest BCUT2D eigenvalue weighted by molar-refractivity contribution is 0.291. The molecule has 0 N–H and O–H groups in total. The number of aromatic nitrogens is 2. The average Bonchev–Trinajstić information content (AvgIpc) is 2.68. The predicted octanol–water partition coefficient (Wildman–Crippen LogP) is 2.77. The number of halogens is 1. The summed E-state index contributed by atoms with van der Waals surface area (Å²) in [5.41, 5.74) is 0. The highest BCUT2D eigenvalue weighted by atomic mass is 79.9. The van der Waals surface area contributed by atoms with Crippen molar-refractivity contribution in [2.45, 2.75) is 6.61 Å². The number of nitrogens with zero attached hydrogens (tertiary/aromatic N) is 2. The van der Waals surface area contributed by atoms with Crippen LogP contribution in [0.25, 0.3) is 0 Å². The van der Waals surface area contributed by atoms with Gasteiger partial charge in [-0.3, -0.25) is 0 Å². The highest BCUT2D eigenvalue weighted by Gasteiger charge is 2.04. The van der Waals surface area contributed by atoms with Crippen molar-refractivity contribution in [1.29, 1.82) is 0 Å². The molecule has 1 heterocycles. The Labute approximate surface area is 108 Å². The van der Waals surface area contributed by atoms with E-state index in [9.17, 15) is 0 Å². The molecule has 0 spiro atoms. The Morgan fingerprint density at radius 1 is 1.24 bits per heavy atom. The van der Waals surface area contributed by atoms with E-state index in [1.807, 2.05) is 35.9 Å². The third kappa shape index (κ3) is 2.79. The van der Waals surface area contributed by atoms with Crippen LogP contribution in [0.2, 0.25) is 0 Å². The number of ether oxygens (including phenoxy) is 2. The quantitative estimate of drug-likeness (QED) is 0.870. The lowest BCUT2D eigenvalue weighted by Gasteiger charge is -2.07. The molecule has 0 unspecified atom stereocenters. The standard InChI is InChI=1S/C12H13BrN2O2/c1-15-11(13)7-14-12(15)8-17-10-5-3-9(16-2)4-6-10/h3-7H,8H2,1-2H3. The fourth-order valence-electron chi connectivity index (χ4n) is 1.38. The largest absolute Gasteiger partial charge is 0.497 e. The molecule has 2 rings (SSSR count). The third-order valence-corrected chi connectivity index (χ3v) is 3.19. The summed E-state index contributed by atoms with van der Waals surface area (Å²) < 4.78 is 13.6. The van der Waals surface area contributed by atoms with E-state index in [-0.39, 0.29) is 0 Å². The second-order valence-corrected chi connectivity index (χ2v) is 4.33. The summed E-state index contributed by atoms with van der Waals surface area (Å²) in [6, 6.07) is 7.47. The second-order valence-electron chi connectivity index (χ2n) is 3.52. The fourth-order valence-corrected chi connectivity index (χ4v) is 1.69. The van der Waals surface area contributed by atoms with Crippen molar-refractivity contribution in [3.05, 3.63) is 40.9 Å². The van der Waals surface area contributed by atoms with Gasteiger partial charge in [-0.1, -0.05) is 0 Å². The van der Waals surface area contributed by atoms with Crippen LogP contribution in [0.5, 0.6) is 11.5 Å². The van der Waals surface area contributed by atoms with Gasteiger partial charge in [-0.2, -0.15) is 0 Å².